The summed E-state index contributed by atoms with van der Waals surface area (Å²) in [5.74, 6) is 0.728. The molecule has 0 radical (unpaired) electrons. The summed E-state index contributed by atoms with van der Waals surface area (Å²) in [5.41, 5.74) is 0. The minimum Gasteiger partial charge on any atom is -0.343 e. The zero-order valence-electron chi connectivity index (χ0n) is 7.78. The van der Waals surface area contributed by atoms with E-state index in [0.29, 0.717) is 6.17 Å². The molecule has 0 spiro atoms. The lowest BCUT2D eigenvalue weighted by Gasteiger charge is -2.26. The molecule has 0 N–H and O–H groups in total. The van der Waals surface area contributed by atoms with Crippen molar-refractivity contribution >= 4 is 6.34 Å². The van der Waals surface area contributed by atoms with E-state index in [1.165, 1.54) is 6.42 Å². The molecule has 0 aliphatic carbocycles. The maximum Gasteiger partial charge on any atom is 0.118 e. The van der Waals surface area contributed by atoms with Crippen molar-refractivity contribution in [3.63, 3.8) is 0 Å². The lowest BCUT2D eigenvalue weighted by atomic mass is 10.1. The van der Waals surface area contributed by atoms with E-state index in [0.717, 1.165) is 5.92 Å². The molecular formula is C8H17N3. The molecular weight excluding hydrogens is 138 g/mol. The molecule has 64 valence electrons. The van der Waals surface area contributed by atoms with Gasteiger partial charge in [-0.25, -0.2) is 0 Å². The summed E-state index contributed by atoms with van der Waals surface area (Å²) >= 11 is 0. The Morgan fingerprint density at radius 1 is 1.45 bits per heavy atom. The van der Waals surface area contributed by atoms with E-state index in [2.05, 4.69) is 30.9 Å². The van der Waals surface area contributed by atoms with Crippen LogP contribution in [0.3, 0.4) is 0 Å². The molecule has 1 unspecified atom stereocenters. The molecule has 0 bridgehead atoms. The number of nitrogens with zero attached hydrogens (tertiary/aromatic N) is 3. The Kier molecular flexibility index (Phi) is 2.37. The predicted molar refractivity (Wildman–Crippen MR) is 47.3 cm³/mol. The van der Waals surface area contributed by atoms with Gasteiger partial charge in [-0.15, -0.1) is 0 Å². The molecule has 0 aromatic carbocycles. The normalized spacial score (nSPS) is 23.9. The molecule has 0 aromatic rings. The second-order valence-electron chi connectivity index (χ2n) is 3.58. The van der Waals surface area contributed by atoms with E-state index in [9.17, 15) is 0 Å². The largest absolute Gasteiger partial charge is 0.343 e. The van der Waals surface area contributed by atoms with Crippen LogP contribution in [0.25, 0.3) is 0 Å². The molecule has 0 saturated carbocycles. The van der Waals surface area contributed by atoms with E-state index < -0.39 is 0 Å². The summed E-state index contributed by atoms with van der Waals surface area (Å²) in [6.45, 7) is 4.47. The monoisotopic (exact) mass is 155 g/mol. The molecule has 0 aromatic heterocycles. The van der Waals surface area contributed by atoms with E-state index in [1.807, 2.05) is 18.4 Å². The average molecular weight is 155 g/mol. The highest BCUT2D eigenvalue weighted by molar-refractivity contribution is 5.56. The Morgan fingerprint density at radius 3 is 2.45 bits per heavy atom. The second-order valence-corrected chi connectivity index (χ2v) is 3.58. The first kappa shape index (κ1) is 8.37. The van der Waals surface area contributed by atoms with Gasteiger partial charge >= 0.3 is 0 Å². The highest BCUT2D eigenvalue weighted by atomic mass is 15.6. The van der Waals surface area contributed by atoms with Crippen molar-refractivity contribution < 1.29 is 0 Å². The quantitative estimate of drug-likeness (QED) is 0.596. The minimum atomic E-state index is 0.468. The lowest BCUT2D eigenvalue weighted by Crippen LogP contribution is -2.36. The van der Waals surface area contributed by atoms with E-state index in [1.54, 1.807) is 0 Å². The van der Waals surface area contributed by atoms with Crippen LogP contribution in [0, 0.1) is 5.92 Å². The van der Waals surface area contributed by atoms with Crippen LogP contribution < -0.4 is 0 Å². The van der Waals surface area contributed by atoms with Gasteiger partial charge in [0.05, 0.1) is 0 Å². The lowest BCUT2D eigenvalue weighted by molar-refractivity contribution is 0.154. The summed E-state index contributed by atoms with van der Waals surface area (Å²) in [6.07, 6.45) is 3.52. The third-order valence-electron chi connectivity index (χ3n) is 2.00. The zero-order valence-corrected chi connectivity index (χ0v) is 7.78. The predicted octanol–water partition coefficient (Wildman–Crippen LogP) is 1.18. The van der Waals surface area contributed by atoms with Crippen LogP contribution in [0.15, 0.2) is 5.10 Å². The fourth-order valence-corrected chi connectivity index (χ4v) is 1.32. The van der Waals surface area contributed by atoms with Gasteiger partial charge in [0.25, 0.3) is 0 Å². The first-order valence-corrected chi connectivity index (χ1v) is 4.10. The molecule has 0 saturated heterocycles. The summed E-state index contributed by atoms with van der Waals surface area (Å²) in [7, 11) is 4.09. The first-order valence-electron chi connectivity index (χ1n) is 4.10. The molecule has 1 aliphatic heterocycles. The third-order valence-corrected chi connectivity index (χ3v) is 2.00. The van der Waals surface area contributed by atoms with Crippen LogP contribution in [-0.4, -0.2) is 36.5 Å². The Morgan fingerprint density at radius 2 is 2.09 bits per heavy atom. The third kappa shape index (κ3) is 1.85. The highest BCUT2D eigenvalue weighted by Crippen LogP contribution is 2.15. The average Bonchev–Trinajstić information content (AvgIpc) is 2.18. The summed E-state index contributed by atoms with van der Waals surface area (Å²) in [6, 6.07) is 0. The Balaban J connectivity index is 2.45. The van der Waals surface area contributed by atoms with Gasteiger partial charge in [0.15, 0.2) is 0 Å². The number of hydrazone groups is 1. The van der Waals surface area contributed by atoms with Crippen molar-refractivity contribution in [1.29, 1.82) is 0 Å². The van der Waals surface area contributed by atoms with Crippen LogP contribution in [-0.2, 0) is 0 Å². The van der Waals surface area contributed by atoms with Gasteiger partial charge < -0.3 is 4.90 Å². The van der Waals surface area contributed by atoms with Crippen molar-refractivity contribution in [3.8, 4) is 0 Å². The van der Waals surface area contributed by atoms with Crippen LogP contribution in [0.1, 0.15) is 20.3 Å². The fraction of sp³-hybridized carbons (Fsp3) is 0.875. The standard InChI is InChI=1S/C8H17N3/c1-7(2)5-8-10(3)6-9-11(8)4/h6-8H,5H2,1-4H3. The van der Waals surface area contributed by atoms with E-state index >= 15 is 0 Å². The minimum absolute atomic E-state index is 0.468. The van der Waals surface area contributed by atoms with Crippen molar-refractivity contribution in [2.24, 2.45) is 11.0 Å². The van der Waals surface area contributed by atoms with Crippen LogP contribution in [0.5, 0.6) is 0 Å². The van der Waals surface area contributed by atoms with Crippen LogP contribution in [0.4, 0.5) is 0 Å². The number of hydrogen-bond donors (Lipinski definition) is 0. The summed E-state index contributed by atoms with van der Waals surface area (Å²) in [4.78, 5) is 2.15. The van der Waals surface area contributed by atoms with Gasteiger partial charge in [-0.05, 0) is 12.3 Å². The number of rotatable bonds is 2. The van der Waals surface area contributed by atoms with E-state index in [-0.39, 0.29) is 0 Å². The second kappa shape index (κ2) is 3.11. The molecule has 3 heteroatoms. The highest BCUT2D eigenvalue weighted by Gasteiger charge is 2.22. The van der Waals surface area contributed by atoms with Crippen molar-refractivity contribution in [2.45, 2.75) is 26.4 Å². The maximum absolute atomic E-state index is 4.19. The molecule has 11 heavy (non-hydrogen) atoms. The molecule has 1 aliphatic rings. The summed E-state index contributed by atoms with van der Waals surface area (Å²) in [5, 5.41) is 6.20. The Labute approximate surface area is 68.7 Å². The summed E-state index contributed by atoms with van der Waals surface area (Å²) < 4.78 is 0. The zero-order chi connectivity index (χ0) is 8.43. The molecule has 1 atom stereocenters. The molecule has 0 fully saturated rings. The van der Waals surface area contributed by atoms with Gasteiger partial charge in [0.1, 0.15) is 12.5 Å². The first-order chi connectivity index (χ1) is 5.11. The van der Waals surface area contributed by atoms with Crippen LogP contribution in [0.2, 0.25) is 0 Å². The van der Waals surface area contributed by atoms with E-state index in [4.69, 9.17) is 0 Å². The van der Waals surface area contributed by atoms with Gasteiger partial charge in [-0.2, -0.15) is 5.10 Å². The van der Waals surface area contributed by atoms with Crippen LogP contribution >= 0.6 is 0 Å². The molecule has 1 heterocycles. The fourth-order valence-electron chi connectivity index (χ4n) is 1.32. The SMILES string of the molecule is CC(C)CC1N(C)C=NN1C. The van der Waals surface area contributed by atoms with Gasteiger partial charge in [-0.3, -0.25) is 5.01 Å². The number of hydrogen-bond acceptors (Lipinski definition) is 3. The van der Waals surface area contributed by atoms with Gasteiger partial charge in [0.2, 0.25) is 0 Å². The molecule has 0 amide bonds. The van der Waals surface area contributed by atoms with Gasteiger partial charge in [0, 0.05) is 14.1 Å². The Bertz CT molecular complexity index is 141. The molecule has 1 rings (SSSR count). The smallest absolute Gasteiger partial charge is 0.118 e. The van der Waals surface area contributed by atoms with Crippen molar-refractivity contribution in [2.75, 3.05) is 14.1 Å². The van der Waals surface area contributed by atoms with Gasteiger partial charge in [-0.1, -0.05) is 13.8 Å². The Hall–Kier alpha value is -0.730. The van der Waals surface area contributed by atoms with Crippen molar-refractivity contribution in [1.82, 2.24) is 9.91 Å². The molecule has 3 nitrogen and oxygen atoms in total. The topological polar surface area (TPSA) is 18.8 Å². The van der Waals surface area contributed by atoms with Crippen molar-refractivity contribution in [3.05, 3.63) is 0 Å². The maximum atomic E-state index is 4.19.